The molecular weight excluding hydrogens is 543 g/mol. The summed E-state index contributed by atoms with van der Waals surface area (Å²) in [4.78, 5) is 24.4. The van der Waals surface area contributed by atoms with Gasteiger partial charge in [0.15, 0.2) is 0 Å². The topological polar surface area (TPSA) is 55.4 Å². The summed E-state index contributed by atoms with van der Waals surface area (Å²) < 4.78 is 83.4. The van der Waals surface area contributed by atoms with Crippen LogP contribution in [0.1, 0.15) is 22.3 Å². The Labute approximate surface area is 187 Å². The molecule has 2 rings (SSSR count). The first-order valence-corrected chi connectivity index (χ1v) is 9.77. The van der Waals surface area contributed by atoms with Gasteiger partial charge in [-0.25, -0.2) is 4.79 Å². The van der Waals surface area contributed by atoms with Gasteiger partial charge in [-0.2, -0.15) is 26.3 Å². The van der Waals surface area contributed by atoms with Gasteiger partial charge in [-0.05, 0) is 64.0 Å². The number of rotatable bonds is 6. The molecule has 2 aromatic carbocycles. The zero-order valence-corrected chi connectivity index (χ0v) is 18.1. The minimum atomic E-state index is -5.02. The summed E-state index contributed by atoms with van der Waals surface area (Å²) in [6.07, 6.45) is -10.8. The number of carbonyl (C=O) groups is 2. The maximum absolute atomic E-state index is 13.0. The molecule has 0 fully saturated rings. The molecule has 0 radical (unpaired) electrons. The Balaban J connectivity index is 2.24. The number of methoxy groups -OCH3 is 1. The maximum atomic E-state index is 13.0. The predicted octanol–water partition coefficient (Wildman–Crippen LogP) is 4.77. The Kier molecular flexibility index (Phi) is 7.95. The van der Waals surface area contributed by atoms with Crippen molar-refractivity contribution in [3.8, 4) is 0 Å². The number of ether oxygens (including phenoxy) is 1. The Morgan fingerprint density at radius 3 is 2.03 bits per heavy atom. The lowest BCUT2D eigenvalue weighted by Crippen LogP contribution is -2.43. The van der Waals surface area contributed by atoms with Crippen LogP contribution in [-0.4, -0.2) is 25.0 Å². The van der Waals surface area contributed by atoms with Gasteiger partial charge in [-0.15, -0.1) is 0 Å². The number of amides is 1. The van der Waals surface area contributed by atoms with Crippen molar-refractivity contribution in [3.63, 3.8) is 0 Å². The highest BCUT2D eigenvalue weighted by atomic mass is 127. The number of hydrogen-bond acceptors (Lipinski definition) is 3. The van der Waals surface area contributed by atoms with E-state index in [-0.39, 0.29) is 12.5 Å². The van der Waals surface area contributed by atoms with Gasteiger partial charge < -0.3 is 10.1 Å². The van der Waals surface area contributed by atoms with Crippen LogP contribution < -0.4 is 5.32 Å². The van der Waals surface area contributed by atoms with Crippen molar-refractivity contribution >= 4 is 34.5 Å². The van der Waals surface area contributed by atoms with Gasteiger partial charge in [0.05, 0.1) is 24.7 Å². The summed E-state index contributed by atoms with van der Waals surface area (Å²) >= 11 is 2.05. The molecule has 1 atom stereocenters. The zero-order valence-electron chi connectivity index (χ0n) is 15.9. The standard InChI is InChI=1S/C20H16F6INO3/c1-31-18(30)16(8-11-3-2-4-15(27)7-11)28-17(29)9-12-5-13(19(21,22)23)10-14(6-12)20(24,25)26/h2-7,10,16H,8-9H2,1H3,(H,28,29)/t16-/m1/s1. The third kappa shape index (κ3) is 7.40. The van der Waals surface area contributed by atoms with E-state index in [1.165, 1.54) is 0 Å². The molecule has 1 amide bonds. The molecule has 2 aromatic rings. The molecule has 0 heterocycles. The molecule has 31 heavy (non-hydrogen) atoms. The summed E-state index contributed by atoms with van der Waals surface area (Å²) in [5.74, 6) is -1.72. The first kappa shape index (κ1) is 25.0. The normalized spacial score (nSPS) is 12.9. The molecule has 0 aliphatic rings. The van der Waals surface area contributed by atoms with E-state index in [0.29, 0.717) is 17.7 Å². The third-order valence-electron chi connectivity index (χ3n) is 4.16. The van der Waals surface area contributed by atoms with Gasteiger partial charge in [-0.1, -0.05) is 12.1 Å². The Morgan fingerprint density at radius 1 is 0.968 bits per heavy atom. The lowest BCUT2D eigenvalue weighted by Gasteiger charge is -2.18. The Bertz CT molecular complexity index is 926. The smallest absolute Gasteiger partial charge is 0.416 e. The van der Waals surface area contributed by atoms with E-state index >= 15 is 0 Å². The van der Waals surface area contributed by atoms with Gasteiger partial charge >= 0.3 is 18.3 Å². The van der Waals surface area contributed by atoms with Crippen LogP contribution in [-0.2, 0) is 39.5 Å². The molecule has 1 N–H and O–H groups in total. The van der Waals surface area contributed by atoms with Crippen molar-refractivity contribution in [1.82, 2.24) is 5.32 Å². The van der Waals surface area contributed by atoms with Gasteiger partial charge in [0.25, 0.3) is 0 Å². The highest BCUT2D eigenvalue weighted by Crippen LogP contribution is 2.36. The van der Waals surface area contributed by atoms with Crippen LogP contribution in [0.5, 0.6) is 0 Å². The number of alkyl halides is 6. The molecule has 0 spiro atoms. The van der Waals surface area contributed by atoms with Gasteiger partial charge in [0.2, 0.25) is 5.91 Å². The molecule has 0 aliphatic heterocycles. The second-order valence-electron chi connectivity index (χ2n) is 6.57. The van der Waals surface area contributed by atoms with Crippen LogP contribution in [0.3, 0.4) is 0 Å². The van der Waals surface area contributed by atoms with Crippen LogP contribution in [0.15, 0.2) is 42.5 Å². The minimum absolute atomic E-state index is 0.0182. The summed E-state index contributed by atoms with van der Waals surface area (Å²) in [7, 11) is 1.10. The zero-order chi connectivity index (χ0) is 23.4. The SMILES string of the molecule is COC(=O)[C@@H](Cc1cccc(I)c1)NC(=O)Cc1cc(C(F)(F)F)cc(C(F)(F)F)c1. The van der Waals surface area contributed by atoms with Gasteiger partial charge in [-0.3, -0.25) is 4.79 Å². The fraction of sp³-hybridized carbons (Fsp3) is 0.300. The first-order valence-electron chi connectivity index (χ1n) is 8.69. The molecule has 0 saturated heterocycles. The number of nitrogens with one attached hydrogen (secondary N) is 1. The molecule has 0 unspecified atom stereocenters. The lowest BCUT2D eigenvalue weighted by atomic mass is 10.0. The van der Waals surface area contributed by atoms with Crippen LogP contribution >= 0.6 is 22.6 Å². The number of benzene rings is 2. The van der Waals surface area contributed by atoms with Gasteiger partial charge in [0.1, 0.15) is 6.04 Å². The van der Waals surface area contributed by atoms with E-state index in [0.717, 1.165) is 10.7 Å². The molecule has 11 heteroatoms. The lowest BCUT2D eigenvalue weighted by molar-refractivity contribution is -0.145. The van der Waals surface area contributed by atoms with Crippen LogP contribution in [0.4, 0.5) is 26.3 Å². The number of halogens is 7. The summed E-state index contributed by atoms with van der Waals surface area (Å²) in [5.41, 5.74) is -2.85. The summed E-state index contributed by atoms with van der Waals surface area (Å²) in [5, 5.41) is 2.32. The highest BCUT2D eigenvalue weighted by molar-refractivity contribution is 14.1. The molecule has 0 aliphatic carbocycles. The van der Waals surface area contributed by atoms with E-state index in [1.54, 1.807) is 18.2 Å². The van der Waals surface area contributed by atoms with Crippen molar-refractivity contribution in [2.45, 2.75) is 31.2 Å². The van der Waals surface area contributed by atoms with Crippen molar-refractivity contribution in [2.24, 2.45) is 0 Å². The number of hydrogen-bond donors (Lipinski definition) is 1. The highest BCUT2D eigenvalue weighted by Gasteiger charge is 2.37. The average molecular weight is 559 g/mol. The van der Waals surface area contributed by atoms with Crippen molar-refractivity contribution in [2.75, 3.05) is 7.11 Å². The van der Waals surface area contributed by atoms with E-state index < -0.39 is 53.4 Å². The number of carbonyl (C=O) groups excluding carboxylic acids is 2. The fourth-order valence-corrected chi connectivity index (χ4v) is 3.39. The summed E-state index contributed by atoms with van der Waals surface area (Å²) in [6, 6.07) is 6.76. The van der Waals surface area contributed by atoms with E-state index in [1.807, 2.05) is 6.07 Å². The van der Waals surface area contributed by atoms with Crippen molar-refractivity contribution in [3.05, 3.63) is 68.3 Å². The first-order chi connectivity index (χ1) is 14.3. The molecular formula is C20H16F6INO3. The molecule has 4 nitrogen and oxygen atoms in total. The van der Waals surface area contributed by atoms with Crippen LogP contribution in [0.25, 0.3) is 0 Å². The second kappa shape index (κ2) is 9.88. The largest absolute Gasteiger partial charge is 0.467 e. The second-order valence-corrected chi connectivity index (χ2v) is 7.81. The Hall–Kier alpha value is -2.31. The third-order valence-corrected chi connectivity index (χ3v) is 4.83. The molecule has 0 saturated carbocycles. The van der Waals surface area contributed by atoms with Crippen LogP contribution in [0.2, 0.25) is 0 Å². The fourth-order valence-electron chi connectivity index (χ4n) is 2.79. The number of esters is 1. The minimum Gasteiger partial charge on any atom is -0.467 e. The van der Waals surface area contributed by atoms with E-state index in [4.69, 9.17) is 0 Å². The quantitative estimate of drug-likeness (QED) is 0.316. The van der Waals surface area contributed by atoms with E-state index in [9.17, 15) is 35.9 Å². The van der Waals surface area contributed by atoms with Crippen molar-refractivity contribution < 1.29 is 40.7 Å². The summed E-state index contributed by atoms with van der Waals surface area (Å²) in [6.45, 7) is 0. The molecule has 0 aromatic heterocycles. The van der Waals surface area contributed by atoms with Gasteiger partial charge in [0, 0.05) is 9.99 Å². The van der Waals surface area contributed by atoms with Crippen molar-refractivity contribution in [1.29, 1.82) is 0 Å². The Morgan fingerprint density at radius 2 is 1.55 bits per heavy atom. The predicted molar refractivity (Wildman–Crippen MR) is 107 cm³/mol. The molecule has 0 bridgehead atoms. The molecule has 168 valence electrons. The van der Waals surface area contributed by atoms with Crippen LogP contribution in [0, 0.1) is 3.57 Å². The van der Waals surface area contributed by atoms with E-state index in [2.05, 4.69) is 32.6 Å². The monoisotopic (exact) mass is 559 g/mol. The average Bonchev–Trinajstić information content (AvgIpc) is 2.65. The maximum Gasteiger partial charge on any atom is 0.416 e.